The van der Waals surface area contributed by atoms with Crippen LogP contribution in [0.2, 0.25) is 0 Å². The molecule has 0 aliphatic heterocycles. The summed E-state index contributed by atoms with van der Waals surface area (Å²) < 4.78 is 60.8. The lowest BCUT2D eigenvalue weighted by molar-refractivity contribution is 0.236. The minimum absolute atomic E-state index is 0.0413. The normalized spacial score (nSPS) is 13.1. The number of hydrogen-bond donors (Lipinski definition) is 2. The minimum Gasteiger partial charge on any atom is -0.480 e. The molecule has 35 heavy (non-hydrogen) atoms. The highest BCUT2D eigenvalue weighted by Gasteiger charge is 2.22. The molecule has 12 heteroatoms. The molecule has 3 heterocycles. The third-order valence-electron chi connectivity index (χ3n) is 4.73. The van der Waals surface area contributed by atoms with Crippen LogP contribution >= 0.6 is 22.6 Å². The standard InChI is InChI=1S/C23H17F2IN4O4S/c1-23(26,31)8-7-17-12-27-21-6-3-14(13-30(17)21)15-9-19(22(34-2)28-11-15)29-35(32,33)20-5-4-16(24)10-18(20)25/h3-6,9-13,29,31H,1-2H3. The average molecular weight is 610 g/mol. The van der Waals surface area contributed by atoms with Crippen molar-refractivity contribution in [2.45, 2.75) is 15.4 Å². The van der Waals surface area contributed by atoms with E-state index < -0.39 is 30.2 Å². The highest BCUT2D eigenvalue weighted by atomic mass is 127. The second-order valence-electron chi connectivity index (χ2n) is 7.45. The predicted molar refractivity (Wildman–Crippen MR) is 134 cm³/mol. The first-order chi connectivity index (χ1) is 16.5. The molecule has 4 rings (SSSR count). The van der Waals surface area contributed by atoms with Gasteiger partial charge in [0.2, 0.25) is 5.88 Å². The van der Waals surface area contributed by atoms with Crippen molar-refractivity contribution in [3.8, 4) is 28.8 Å². The van der Waals surface area contributed by atoms with Crippen LogP contribution in [0.4, 0.5) is 14.5 Å². The van der Waals surface area contributed by atoms with Gasteiger partial charge in [0.1, 0.15) is 33.6 Å². The Morgan fingerprint density at radius 3 is 2.60 bits per heavy atom. The summed E-state index contributed by atoms with van der Waals surface area (Å²) in [5.41, 5.74) is 2.26. The average Bonchev–Trinajstić information content (AvgIpc) is 3.19. The van der Waals surface area contributed by atoms with E-state index in [-0.39, 0.29) is 11.6 Å². The maximum atomic E-state index is 14.1. The van der Waals surface area contributed by atoms with E-state index in [4.69, 9.17) is 4.74 Å². The third kappa shape index (κ3) is 5.53. The Labute approximate surface area is 213 Å². The number of alkyl halides is 1. The van der Waals surface area contributed by atoms with Crippen LogP contribution in [0.25, 0.3) is 16.8 Å². The first-order valence-corrected chi connectivity index (χ1v) is 12.5. The van der Waals surface area contributed by atoms with Gasteiger partial charge in [-0.2, -0.15) is 0 Å². The number of imidazole rings is 1. The topological polar surface area (TPSA) is 106 Å². The molecular weight excluding hydrogens is 593 g/mol. The minimum atomic E-state index is -4.42. The van der Waals surface area contributed by atoms with Gasteiger partial charge < -0.3 is 9.84 Å². The van der Waals surface area contributed by atoms with Gasteiger partial charge in [0.05, 0.1) is 13.3 Å². The van der Waals surface area contributed by atoms with Crippen LogP contribution in [-0.4, -0.2) is 38.6 Å². The zero-order valence-corrected chi connectivity index (χ0v) is 21.2. The number of halogens is 3. The van der Waals surface area contributed by atoms with Crippen molar-refractivity contribution in [1.82, 2.24) is 14.4 Å². The highest BCUT2D eigenvalue weighted by molar-refractivity contribution is 14.1. The van der Waals surface area contributed by atoms with Crippen LogP contribution in [0.3, 0.4) is 0 Å². The molecule has 0 radical (unpaired) electrons. The summed E-state index contributed by atoms with van der Waals surface area (Å²) in [7, 11) is -3.11. The summed E-state index contributed by atoms with van der Waals surface area (Å²) in [6.07, 6.45) is 4.78. The van der Waals surface area contributed by atoms with E-state index in [0.717, 1.165) is 12.1 Å². The first kappa shape index (κ1) is 24.8. The maximum absolute atomic E-state index is 14.1. The molecule has 0 bridgehead atoms. The summed E-state index contributed by atoms with van der Waals surface area (Å²) in [5, 5.41) is 9.87. The molecule has 0 amide bonds. The van der Waals surface area contributed by atoms with E-state index in [1.54, 1.807) is 58.4 Å². The number of anilines is 1. The Morgan fingerprint density at radius 1 is 1.14 bits per heavy atom. The molecule has 4 aromatic rings. The Kier molecular flexibility index (Phi) is 6.67. The number of aliphatic hydroxyl groups is 1. The lowest BCUT2D eigenvalue weighted by Crippen LogP contribution is -2.15. The number of rotatable bonds is 5. The summed E-state index contributed by atoms with van der Waals surface area (Å²) in [6.45, 7) is 1.55. The molecular formula is C23H17F2IN4O4S. The first-order valence-electron chi connectivity index (χ1n) is 9.91. The van der Waals surface area contributed by atoms with Gasteiger partial charge in [0.15, 0.2) is 3.61 Å². The van der Waals surface area contributed by atoms with Gasteiger partial charge in [-0.15, -0.1) is 0 Å². The van der Waals surface area contributed by atoms with E-state index in [1.165, 1.54) is 19.4 Å². The summed E-state index contributed by atoms with van der Waals surface area (Å²) in [5.74, 6) is 3.43. The van der Waals surface area contributed by atoms with E-state index in [9.17, 15) is 22.3 Å². The molecule has 0 aliphatic carbocycles. The monoisotopic (exact) mass is 610 g/mol. The lowest BCUT2D eigenvalue weighted by atomic mass is 10.1. The number of methoxy groups -OCH3 is 1. The molecule has 2 N–H and O–H groups in total. The number of hydrogen-bond acceptors (Lipinski definition) is 6. The van der Waals surface area contributed by atoms with Crippen molar-refractivity contribution < 1.29 is 27.0 Å². The van der Waals surface area contributed by atoms with Crippen LogP contribution in [0.1, 0.15) is 12.6 Å². The zero-order chi connectivity index (χ0) is 25.4. The fourth-order valence-corrected chi connectivity index (χ4v) is 4.40. The highest BCUT2D eigenvalue weighted by Crippen LogP contribution is 2.31. The van der Waals surface area contributed by atoms with Gasteiger partial charge in [-0.05, 0) is 65.8 Å². The predicted octanol–water partition coefficient (Wildman–Crippen LogP) is 3.98. The molecule has 1 aromatic carbocycles. The van der Waals surface area contributed by atoms with Crippen molar-refractivity contribution in [2.24, 2.45) is 0 Å². The van der Waals surface area contributed by atoms with Gasteiger partial charge in [0.25, 0.3) is 10.0 Å². The Morgan fingerprint density at radius 2 is 1.91 bits per heavy atom. The molecule has 8 nitrogen and oxygen atoms in total. The van der Waals surface area contributed by atoms with Crippen molar-refractivity contribution in [3.63, 3.8) is 0 Å². The van der Waals surface area contributed by atoms with Gasteiger partial charge >= 0.3 is 0 Å². The summed E-state index contributed by atoms with van der Waals surface area (Å²) in [4.78, 5) is 7.72. The van der Waals surface area contributed by atoms with E-state index in [0.29, 0.717) is 28.5 Å². The quantitative estimate of drug-likeness (QED) is 0.201. The van der Waals surface area contributed by atoms with Crippen molar-refractivity contribution in [2.75, 3.05) is 11.8 Å². The molecule has 0 saturated heterocycles. The van der Waals surface area contributed by atoms with Crippen LogP contribution < -0.4 is 9.46 Å². The number of aromatic nitrogens is 3. The maximum Gasteiger partial charge on any atom is 0.264 e. The van der Waals surface area contributed by atoms with E-state index in [1.807, 2.05) is 0 Å². The van der Waals surface area contributed by atoms with Crippen molar-refractivity contribution >= 4 is 43.9 Å². The lowest BCUT2D eigenvalue weighted by Gasteiger charge is -2.13. The number of benzene rings is 1. The third-order valence-corrected chi connectivity index (χ3v) is 6.40. The molecule has 0 saturated carbocycles. The van der Waals surface area contributed by atoms with Gasteiger partial charge in [-0.25, -0.2) is 27.2 Å². The molecule has 1 unspecified atom stereocenters. The molecule has 0 fully saturated rings. The Hall–Kier alpha value is -3.28. The molecule has 0 aliphatic rings. The van der Waals surface area contributed by atoms with Gasteiger partial charge in [0, 0.05) is 29.6 Å². The fraction of sp³-hybridized carbons (Fsp3) is 0.130. The SMILES string of the molecule is COc1ncc(-c2ccc3ncc(C#CC(C)(O)I)n3c2)cc1NS(=O)(=O)c1ccc(F)cc1F. The zero-order valence-electron chi connectivity index (χ0n) is 18.3. The number of nitrogens with zero attached hydrogens (tertiary/aromatic N) is 3. The van der Waals surface area contributed by atoms with E-state index >= 15 is 0 Å². The van der Waals surface area contributed by atoms with Crippen LogP contribution in [-0.2, 0) is 10.0 Å². The largest absolute Gasteiger partial charge is 0.480 e. The summed E-state index contributed by atoms with van der Waals surface area (Å²) in [6, 6.07) is 7.14. The number of ether oxygens (including phenoxy) is 1. The smallest absolute Gasteiger partial charge is 0.264 e. The second kappa shape index (κ2) is 9.40. The molecule has 1 atom stereocenters. The Bertz CT molecular complexity index is 1610. The van der Waals surface area contributed by atoms with Gasteiger partial charge in [-0.3, -0.25) is 9.12 Å². The molecule has 3 aromatic heterocycles. The van der Waals surface area contributed by atoms with Crippen LogP contribution in [0, 0.1) is 23.5 Å². The fourth-order valence-electron chi connectivity index (χ4n) is 3.16. The number of pyridine rings is 2. The second-order valence-corrected chi connectivity index (χ2v) is 11.2. The van der Waals surface area contributed by atoms with Gasteiger partial charge in [-0.1, -0.05) is 5.92 Å². The Balaban J connectivity index is 1.75. The van der Waals surface area contributed by atoms with Crippen LogP contribution in [0.15, 0.2) is 59.9 Å². The molecule has 180 valence electrons. The summed E-state index contributed by atoms with van der Waals surface area (Å²) >= 11 is 1.80. The van der Waals surface area contributed by atoms with Crippen molar-refractivity contribution in [3.05, 3.63) is 72.3 Å². The van der Waals surface area contributed by atoms with Crippen molar-refractivity contribution in [1.29, 1.82) is 0 Å². The number of fused-ring (bicyclic) bond motifs is 1. The van der Waals surface area contributed by atoms with E-state index in [2.05, 4.69) is 26.5 Å². The van der Waals surface area contributed by atoms with Crippen LogP contribution in [0.5, 0.6) is 5.88 Å². The number of sulfonamides is 1. The number of nitrogens with one attached hydrogen (secondary N) is 1. The molecule has 0 spiro atoms.